The first-order valence-electron chi connectivity index (χ1n) is 4.79. The smallest absolute Gasteiger partial charge is 0.308 e. The van der Waals surface area contributed by atoms with Gasteiger partial charge in [0.25, 0.3) is 0 Å². The highest BCUT2D eigenvalue weighted by molar-refractivity contribution is 5.73. The number of rotatable bonds is 2. The number of ether oxygens (including phenoxy) is 2. The lowest BCUT2D eigenvalue weighted by Gasteiger charge is -2.14. The maximum Gasteiger partial charge on any atom is 0.308 e. The SMILES string of the molecule is COc1ccc([C@@H]2OC(=O)C[C@H]2N)cc1. The second-order valence-corrected chi connectivity index (χ2v) is 3.55. The minimum atomic E-state index is -0.316. The van der Waals surface area contributed by atoms with Crippen LogP contribution in [-0.4, -0.2) is 19.1 Å². The molecule has 0 bridgehead atoms. The molecule has 0 saturated carbocycles. The first-order valence-corrected chi connectivity index (χ1v) is 4.79. The van der Waals surface area contributed by atoms with Crippen LogP contribution < -0.4 is 10.5 Å². The average molecular weight is 207 g/mol. The summed E-state index contributed by atoms with van der Waals surface area (Å²) < 4.78 is 10.2. The molecular weight excluding hydrogens is 194 g/mol. The summed E-state index contributed by atoms with van der Waals surface area (Å²) >= 11 is 0. The third-order valence-corrected chi connectivity index (χ3v) is 2.49. The highest BCUT2D eigenvalue weighted by Gasteiger charge is 2.32. The molecule has 2 rings (SSSR count). The van der Waals surface area contributed by atoms with Crippen LogP contribution in [-0.2, 0) is 9.53 Å². The summed E-state index contributed by atoms with van der Waals surface area (Å²) in [6.45, 7) is 0. The van der Waals surface area contributed by atoms with Gasteiger partial charge in [0, 0.05) is 0 Å². The van der Waals surface area contributed by atoms with Gasteiger partial charge in [-0.2, -0.15) is 0 Å². The van der Waals surface area contributed by atoms with Crippen LogP contribution in [0, 0.1) is 0 Å². The van der Waals surface area contributed by atoms with E-state index in [1.807, 2.05) is 24.3 Å². The normalized spacial score (nSPS) is 25.1. The molecule has 1 fully saturated rings. The molecule has 1 aliphatic heterocycles. The fourth-order valence-electron chi connectivity index (χ4n) is 1.69. The Morgan fingerprint density at radius 1 is 1.40 bits per heavy atom. The summed E-state index contributed by atoms with van der Waals surface area (Å²) in [6, 6.07) is 7.14. The van der Waals surface area contributed by atoms with E-state index in [2.05, 4.69) is 0 Å². The summed E-state index contributed by atoms with van der Waals surface area (Å²) in [4.78, 5) is 11.0. The zero-order valence-electron chi connectivity index (χ0n) is 8.47. The van der Waals surface area contributed by atoms with Gasteiger partial charge in [-0.3, -0.25) is 4.79 Å². The monoisotopic (exact) mass is 207 g/mol. The molecule has 1 aromatic carbocycles. The molecule has 1 aliphatic rings. The first kappa shape index (κ1) is 9.98. The predicted molar refractivity (Wildman–Crippen MR) is 54.4 cm³/mol. The van der Waals surface area contributed by atoms with Crippen molar-refractivity contribution in [3.63, 3.8) is 0 Å². The lowest BCUT2D eigenvalue weighted by Crippen LogP contribution is -2.23. The highest BCUT2D eigenvalue weighted by Crippen LogP contribution is 2.29. The number of carbonyl (C=O) groups is 1. The lowest BCUT2D eigenvalue weighted by molar-refractivity contribution is -0.141. The number of nitrogens with two attached hydrogens (primary N) is 1. The number of esters is 1. The molecule has 2 N–H and O–H groups in total. The van der Waals surface area contributed by atoms with Crippen molar-refractivity contribution in [2.75, 3.05) is 7.11 Å². The van der Waals surface area contributed by atoms with Crippen molar-refractivity contribution in [3.05, 3.63) is 29.8 Å². The van der Waals surface area contributed by atoms with Gasteiger partial charge in [-0.05, 0) is 17.7 Å². The van der Waals surface area contributed by atoms with Crippen LogP contribution in [0.3, 0.4) is 0 Å². The van der Waals surface area contributed by atoms with E-state index < -0.39 is 0 Å². The summed E-state index contributed by atoms with van der Waals surface area (Å²) in [7, 11) is 1.61. The van der Waals surface area contributed by atoms with Crippen molar-refractivity contribution in [2.24, 2.45) is 5.73 Å². The van der Waals surface area contributed by atoms with E-state index in [-0.39, 0.29) is 24.5 Å². The number of carbonyl (C=O) groups excluding carboxylic acids is 1. The number of hydrogen-bond acceptors (Lipinski definition) is 4. The van der Waals surface area contributed by atoms with E-state index in [4.69, 9.17) is 15.2 Å². The third-order valence-electron chi connectivity index (χ3n) is 2.49. The van der Waals surface area contributed by atoms with Crippen LogP contribution in [0.4, 0.5) is 0 Å². The average Bonchev–Trinajstić information content (AvgIpc) is 2.58. The zero-order chi connectivity index (χ0) is 10.8. The molecule has 0 aromatic heterocycles. The van der Waals surface area contributed by atoms with Crippen molar-refractivity contribution in [3.8, 4) is 5.75 Å². The van der Waals surface area contributed by atoms with Gasteiger partial charge in [-0.1, -0.05) is 12.1 Å². The molecule has 0 aliphatic carbocycles. The zero-order valence-corrected chi connectivity index (χ0v) is 8.47. The summed E-state index contributed by atoms with van der Waals surface area (Å²) in [6.07, 6.45) is -0.0279. The van der Waals surface area contributed by atoms with Crippen LogP contribution in [0.5, 0.6) is 5.75 Å². The van der Waals surface area contributed by atoms with Crippen molar-refractivity contribution in [1.29, 1.82) is 0 Å². The Morgan fingerprint density at radius 2 is 2.07 bits per heavy atom. The topological polar surface area (TPSA) is 61.5 Å². The minimum absolute atomic E-state index is 0.233. The summed E-state index contributed by atoms with van der Waals surface area (Å²) in [5.74, 6) is 0.542. The third kappa shape index (κ3) is 1.94. The number of hydrogen-bond donors (Lipinski definition) is 1. The van der Waals surface area contributed by atoms with Crippen molar-refractivity contribution >= 4 is 5.97 Å². The standard InChI is InChI=1S/C11H13NO3/c1-14-8-4-2-7(3-5-8)11-9(12)6-10(13)15-11/h2-5,9,11H,6,12H2,1H3/t9-,11+/m1/s1. The van der Waals surface area contributed by atoms with E-state index in [9.17, 15) is 4.79 Å². The number of benzene rings is 1. The van der Waals surface area contributed by atoms with Gasteiger partial charge in [-0.25, -0.2) is 0 Å². The lowest BCUT2D eigenvalue weighted by atomic mass is 10.0. The molecular formula is C11H13NO3. The Labute approximate surface area is 88.0 Å². The van der Waals surface area contributed by atoms with Crippen molar-refractivity contribution < 1.29 is 14.3 Å². The molecule has 4 heteroatoms. The summed E-state index contributed by atoms with van der Waals surface area (Å²) in [5.41, 5.74) is 6.71. The quantitative estimate of drug-likeness (QED) is 0.735. The fourth-order valence-corrected chi connectivity index (χ4v) is 1.69. The van der Waals surface area contributed by atoms with Gasteiger partial charge in [-0.15, -0.1) is 0 Å². The Hall–Kier alpha value is -1.55. The largest absolute Gasteiger partial charge is 0.497 e. The second-order valence-electron chi connectivity index (χ2n) is 3.55. The van der Waals surface area contributed by atoms with Crippen LogP contribution in [0.15, 0.2) is 24.3 Å². The van der Waals surface area contributed by atoms with Gasteiger partial charge in [0.05, 0.1) is 19.6 Å². The number of cyclic esters (lactones) is 1. The maximum atomic E-state index is 11.0. The highest BCUT2D eigenvalue weighted by atomic mass is 16.6. The van der Waals surface area contributed by atoms with E-state index in [0.717, 1.165) is 11.3 Å². The molecule has 0 spiro atoms. The molecule has 0 unspecified atom stereocenters. The van der Waals surface area contributed by atoms with Gasteiger partial charge >= 0.3 is 5.97 Å². The van der Waals surface area contributed by atoms with Crippen LogP contribution in [0.1, 0.15) is 18.1 Å². The molecule has 1 heterocycles. The fraction of sp³-hybridized carbons (Fsp3) is 0.364. The van der Waals surface area contributed by atoms with E-state index in [1.54, 1.807) is 7.11 Å². The first-order chi connectivity index (χ1) is 7.20. The van der Waals surface area contributed by atoms with Crippen molar-refractivity contribution in [2.45, 2.75) is 18.6 Å². The predicted octanol–water partition coefficient (Wildman–Crippen LogP) is 1.01. The molecule has 4 nitrogen and oxygen atoms in total. The van der Waals surface area contributed by atoms with Crippen LogP contribution >= 0.6 is 0 Å². The van der Waals surface area contributed by atoms with E-state index in [0.29, 0.717) is 0 Å². The number of methoxy groups -OCH3 is 1. The molecule has 80 valence electrons. The Kier molecular flexibility index (Phi) is 2.60. The molecule has 0 amide bonds. The van der Waals surface area contributed by atoms with Crippen LogP contribution in [0.2, 0.25) is 0 Å². The maximum absolute atomic E-state index is 11.0. The van der Waals surface area contributed by atoms with Gasteiger partial charge in [0.1, 0.15) is 11.9 Å². The van der Waals surface area contributed by atoms with Crippen molar-refractivity contribution in [1.82, 2.24) is 0 Å². The Bertz CT molecular complexity index is 361. The molecule has 2 atom stereocenters. The summed E-state index contributed by atoms with van der Waals surface area (Å²) in [5, 5.41) is 0. The van der Waals surface area contributed by atoms with Gasteiger partial charge < -0.3 is 15.2 Å². The van der Waals surface area contributed by atoms with E-state index in [1.165, 1.54) is 0 Å². The Balaban J connectivity index is 2.19. The second kappa shape index (κ2) is 3.90. The molecule has 1 aromatic rings. The van der Waals surface area contributed by atoms with Gasteiger partial charge in [0.2, 0.25) is 0 Å². The molecule has 1 saturated heterocycles. The van der Waals surface area contributed by atoms with E-state index >= 15 is 0 Å². The molecule has 0 radical (unpaired) electrons. The van der Waals surface area contributed by atoms with Crippen LogP contribution in [0.25, 0.3) is 0 Å². The Morgan fingerprint density at radius 3 is 2.53 bits per heavy atom. The molecule has 15 heavy (non-hydrogen) atoms. The minimum Gasteiger partial charge on any atom is -0.497 e. The van der Waals surface area contributed by atoms with Gasteiger partial charge in [0.15, 0.2) is 0 Å².